The summed E-state index contributed by atoms with van der Waals surface area (Å²) in [5.74, 6) is 0.985. The fourth-order valence-corrected chi connectivity index (χ4v) is 4.41. The molecule has 1 amide bonds. The largest absolute Gasteiger partial charge is 0.480 e. The molecular weight excluding hydrogens is 428 g/mol. The lowest BCUT2D eigenvalue weighted by Gasteiger charge is -2.38. The number of carbonyl (C=O) groups is 1. The third-order valence-corrected chi connectivity index (χ3v) is 6.34. The number of benzene rings is 1. The van der Waals surface area contributed by atoms with E-state index in [2.05, 4.69) is 33.2 Å². The summed E-state index contributed by atoms with van der Waals surface area (Å²) < 4.78 is 6.75. The first kappa shape index (κ1) is 22.2. The molecule has 2 aromatic heterocycles. The second-order valence-electron chi connectivity index (χ2n) is 7.73. The van der Waals surface area contributed by atoms with Crippen molar-refractivity contribution in [2.75, 3.05) is 33.3 Å². The SMILES string of the molecule is CCc1c(C(=O)N2CCN(C(C)c3ccccc3Cl)CC2)cnn1-c1ccc(OC)nn1. The van der Waals surface area contributed by atoms with Crippen LogP contribution >= 0.6 is 11.6 Å². The summed E-state index contributed by atoms with van der Waals surface area (Å²) in [6.45, 7) is 7.06. The van der Waals surface area contributed by atoms with Gasteiger partial charge in [0.15, 0.2) is 5.82 Å². The Hall–Kier alpha value is -2.97. The third-order valence-electron chi connectivity index (χ3n) is 5.99. The molecular formula is C23H27ClN6O2. The maximum absolute atomic E-state index is 13.3. The van der Waals surface area contributed by atoms with Gasteiger partial charge in [0, 0.05) is 43.3 Å². The van der Waals surface area contributed by atoms with Gasteiger partial charge in [-0.25, -0.2) is 4.68 Å². The Morgan fingerprint density at radius 2 is 1.88 bits per heavy atom. The standard InChI is InChI=1S/C23H27ClN6O2/c1-4-20-18(15-25-30(20)21-9-10-22(32-3)27-26-21)23(31)29-13-11-28(12-14-29)16(2)17-7-5-6-8-19(17)24/h5-10,15-16H,4,11-14H2,1-3H3. The van der Waals surface area contributed by atoms with E-state index < -0.39 is 0 Å². The highest BCUT2D eigenvalue weighted by Gasteiger charge is 2.28. The Morgan fingerprint density at radius 1 is 1.12 bits per heavy atom. The highest BCUT2D eigenvalue weighted by molar-refractivity contribution is 6.31. The monoisotopic (exact) mass is 454 g/mol. The lowest BCUT2D eigenvalue weighted by Crippen LogP contribution is -2.49. The van der Waals surface area contributed by atoms with E-state index in [-0.39, 0.29) is 11.9 Å². The first-order valence-electron chi connectivity index (χ1n) is 10.8. The number of nitrogens with zero attached hydrogens (tertiary/aromatic N) is 6. The Labute approximate surface area is 192 Å². The van der Waals surface area contributed by atoms with E-state index in [4.69, 9.17) is 16.3 Å². The van der Waals surface area contributed by atoms with Crippen molar-refractivity contribution >= 4 is 17.5 Å². The van der Waals surface area contributed by atoms with E-state index in [0.29, 0.717) is 36.8 Å². The quantitative estimate of drug-likeness (QED) is 0.568. The van der Waals surface area contributed by atoms with Crippen molar-refractivity contribution < 1.29 is 9.53 Å². The first-order chi connectivity index (χ1) is 15.5. The number of rotatable bonds is 6. The maximum atomic E-state index is 13.3. The normalized spacial score (nSPS) is 15.6. The van der Waals surface area contributed by atoms with Gasteiger partial charge in [-0.05, 0) is 31.0 Å². The fraction of sp³-hybridized carbons (Fsp3) is 0.391. The molecule has 1 unspecified atom stereocenters. The van der Waals surface area contributed by atoms with Crippen molar-refractivity contribution in [3.8, 4) is 11.7 Å². The smallest absolute Gasteiger partial charge is 0.257 e. The van der Waals surface area contributed by atoms with Crippen molar-refractivity contribution in [1.82, 2.24) is 29.8 Å². The summed E-state index contributed by atoms with van der Waals surface area (Å²) in [7, 11) is 1.54. The average molecular weight is 455 g/mol. The van der Waals surface area contributed by atoms with Crippen LogP contribution in [0.25, 0.3) is 5.82 Å². The number of carbonyl (C=O) groups excluding carboxylic acids is 1. The molecule has 1 fully saturated rings. The number of hydrogen-bond donors (Lipinski definition) is 0. The van der Waals surface area contributed by atoms with Crippen LogP contribution in [-0.4, -0.2) is 69.0 Å². The summed E-state index contributed by atoms with van der Waals surface area (Å²) >= 11 is 6.38. The maximum Gasteiger partial charge on any atom is 0.257 e. The van der Waals surface area contributed by atoms with Gasteiger partial charge >= 0.3 is 0 Å². The van der Waals surface area contributed by atoms with Gasteiger partial charge in [-0.15, -0.1) is 10.2 Å². The molecule has 0 bridgehead atoms. The average Bonchev–Trinajstić information content (AvgIpc) is 3.27. The minimum absolute atomic E-state index is 0.000354. The predicted molar refractivity (Wildman–Crippen MR) is 122 cm³/mol. The zero-order chi connectivity index (χ0) is 22.7. The number of ether oxygens (including phenoxy) is 1. The molecule has 9 heteroatoms. The van der Waals surface area contributed by atoms with E-state index in [0.717, 1.165) is 29.4 Å². The molecule has 1 aromatic carbocycles. The molecule has 3 aromatic rings. The highest BCUT2D eigenvalue weighted by Crippen LogP contribution is 2.28. The van der Waals surface area contributed by atoms with Crippen LogP contribution in [0.1, 0.15) is 41.5 Å². The zero-order valence-corrected chi connectivity index (χ0v) is 19.3. The van der Waals surface area contributed by atoms with Crippen LogP contribution in [0.2, 0.25) is 5.02 Å². The number of hydrogen-bond acceptors (Lipinski definition) is 6. The van der Waals surface area contributed by atoms with Crippen LogP contribution < -0.4 is 4.74 Å². The van der Waals surface area contributed by atoms with Gasteiger partial charge in [0.1, 0.15) is 0 Å². The molecule has 168 valence electrons. The van der Waals surface area contributed by atoms with Gasteiger partial charge in [0.05, 0.1) is 24.6 Å². The fourth-order valence-electron chi connectivity index (χ4n) is 4.12. The molecule has 1 aliphatic heterocycles. The van der Waals surface area contributed by atoms with Crippen LogP contribution in [0.5, 0.6) is 5.88 Å². The van der Waals surface area contributed by atoms with Gasteiger partial charge in [-0.2, -0.15) is 5.10 Å². The first-order valence-corrected chi connectivity index (χ1v) is 11.1. The van der Waals surface area contributed by atoms with Crippen LogP contribution in [-0.2, 0) is 6.42 Å². The molecule has 3 heterocycles. The minimum atomic E-state index is -0.000354. The highest BCUT2D eigenvalue weighted by atomic mass is 35.5. The molecule has 0 N–H and O–H groups in total. The lowest BCUT2D eigenvalue weighted by molar-refractivity contribution is 0.0581. The van der Waals surface area contributed by atoms with Crippen LogP contribution in [0.3, 0.4) is 0 Å². The molecule has 32 heavy (non-hydrogen) atoms. The van der Waals surface area contributed by atoms with Gasteiger partial charge < -0.3 is 9.64 Å². The van der Waals surface area contributed by atoms with E-state index in [9.17, 15) is 4.79 Å². The van der Waals surface area contributed by atoms with Crippen molar-refractivity contribution in [2.45, 2.75) is 26.3 Å². The molecule has 4 rings (SSSR count). The van der Waals surface area contributed by atoms with Crippen LogP contribution in [0.4, 0.5) is 0 Å². The van der Waals surface area contributed by atoms with Crippen molar-refractivity contribution in [3.63, 3.8) is 0 Å². The molecule has 1 saturated heterocycles. The number of piperazine rings is 1. The minimum Gasteiger partial charge on any atom is -0.480 e. The van der Waals surface area contributed by atoms with E-state index in [1.165, 1.54) is 0 Å². The summed E-state index contributed by atoms with van der Waals surface area (Å²) in [5, 5.41) is 13.4. The summed E-state index contributed by atoms with van der Waals surface area (Å²) in [6.07, 6.45) is 2.28. The zero-order valence-electron chi connectivity index (χ0n) is 18.5. The molecule has 0 spiro atoms. The molecule has 1 aliphatic rings. The summed E-state index contributed by atoms with van der Waals surface area (Å²) in [4.78, 5) is 17.6. The molecule has 0 aliphatic carbocycles. The number of methoxy groups -OCH3 is 1. The number of aromatic nitrogens is 4. The van der Waals surface area contributed by atoms with Crippen LogP contribution in [0.15, 0.2) is 42.6 Å². The van der Waals surface area contributed by atoms with Crippen molar-refractivity contribution in [3.05, 3.63) is 64.4 Å². The molecule has 0 radical (unpaired) electrons. The Kier molecular flexibility index (Phi) is 6.72. The topological polar surface area (TPSA) is 76.4 Å². The Balaban J connectivity index is 1.46. The second-order valence-corrected chi connectivity index (χ2v) is 8.14. The van der Waals surface area contributed by atoms with Gasteiger partial charge in [0.25, 0.3) is 5.91 Å². The van der Waals surface area contributed by atoms with Crippen molar-refractivity contribution in [2.24, 2.45) is 0 Å². The Bertz CT molecular complexity index is 1080. The predicted octanol–water partition coefficient (Wildman–Crippen LogP) is 3.41. The Morgan fingerprint density at radius 3 is 2.50 bits per heavy atom. The molecule has 0 saturated carbocycles. The third kappa shape index (κ3) is 4.33. The van der Waals surface area contributed by atoms with E-state index in [1.807, 2.05) is 30.0 Å². The molecule has 8 nitrogen and oxygen atoms in total. The van der Waals surface area contributed by atoms with Gasteiger partial charge in [-0.3, -0.25) is 9.69 Å². The molecule has 1 atom stereocenters. The summed E-state index contributed by atoms with van der Waals surface area (Å²) in [6, 6.07) is 11.6. The second kappa shape index (κ2) is 9.67. The van der Waals surface area contributed by atoms with E-state index >= 15 is 0 Å². The number of amides is 1. The lowest BCUT2D eigenvalue weighted by atomic mass is 10.1. The van der Waals surface area contributed by atoms with Gasteiger partial charge in [-0.1, -0.05) is 36.7 Å². The van der Waals surface area contributed by atoms with Crippen molar-refractivity contribution in [1.29, 1.82) is 0 Å². The summed E-state index contributed by atoms with van der Waals surface area (Å²) in [5.41, 5.74) is 2.54. The van der Waals surface area contributed by atoms with Crippen LogP contribution in [0, 0.1) is 0 Å². The number of halogens is 1. The van der Waals surface area contributed by atoms with E-state index in [1.54, 1.807) is 30.1 Å². The van der Waals surface area contributed by atoms with Gasteiger partial charge in [0.2, 0.25) is 5.88 Å².